The highest BCUT2D eigenvalue weighted by atomic mass is 32.1. The maximum Gasteiger partial charge on any atom is 0.305 e. The molecule has 3 rings (SSSR count). The van der Waals surface area contributed by atoms with Crippen LogP contribution in [0.5, 0.6) is 0 Å². The average Bonchev–Trinajstić information content (AvgIpc) is 3.09. The molecule has 0 saturated carbocycles. The van der Waals surface area contributed by atoms with E-state index in [0.29, 0.717) is 24.5 Å². The number of thiocarbonyl (C=S) groups is 1. The Morgan fingerprint density at radius 1 is 1.15 bits per heavy atom. The first-order valence-electron chi connectivity index (χ1n) is 8.36. The highest BCUT2D eigenvalue weighted by Gasteiger charge is 2.06. The number of carbonyl (C=O) groups is 1. The molecule has 3 aromatic rings. The Balaban J connectivity index is 1.54. The van der Waals surface area contributed by atoms with Crippen LogP contribution in [0.1, 0.15) is 12.8 Å². The molecule has 1 heterocycles. The van der Waals surface area contributed by atoms with Crippen molar-refractivity contribution in [3.05, 3.63) is 54.6 Å². The van der Waals surface area contributed by atoms with Crippen LogP contribution >= 0.6 is 12.2 Å². The number of methoxy groups -OCH3 is 1. The van der Waals surface area contributed by atoms with Crippen LogP contribution in [0.4, 0.5) is 5.69 Å². The second-order valence-electron chi connectivity index (χ2n) is 5.79. The number of para-hydroxylation sites is 1. The molecular weight excluding hydrogens is 348 g/mol. The van der Waals surface area contributed by atoms with Gasteiger partial charge in [0.05, 0.1) is 7.11 Å². The third-order valence-corrected chi connectivity index (χ3v) is 4.17. The predicted octanol–water partition coefficient (Wildman–Crippen LogP) is 4.34. The molecule has 0 bridgehead atoms. The quantitative estimate of drug-likeness (QED) is 0.383. The van der Waals surface area contributed by atoms with E-state index in [-0.39, 0.29) is 5.97 Å². The number of benzene rings is 2. The van der Waals surface area contributed by atoms with Gasteiger partial charge in [0.2, 0.25) is 0 Å². The lowest BCUT2D eigenvalue weighted by Crippen LogP contribution is -2.29. The molecule has 0 saturated heterocycles. The van der Waals surface area contributed by atoms with Crippen LogP contribution < -0.4 is 10.6 Å². The molecule has 2 N–H and O–H groups in total. The van der Waals surface area contributed by atoms with Gasteiger partial charge >= 0.3 is 5.97 Å². The molecule has 0 spiro atoms. The largest absolute Gasteiger partial charge is 0.469 e. The van der Waals surface area contributed by atoms with Gasteiger partial charge in [-0.1, -0.05) is 18.2 Å². The van der Waals surface area contributed by atoms with Gasteiger partial charge < -0.3 is 19.8 Å². The zero-order valence-electron chi connectivity index (χ0n) is 14.5. The minimum absolute atomic E-state index is 0.216. The van der Waals surface area contributed by atoms with Crippen LogP contribution in [0.3, 0.4) is 0 Å². The van der Waals surface area contributed by atoms with E-state index in [9.17, 15) is 4.79 Å². The van der Waals surface area contributed by atoms with Gasteiger partial charge in [-0.2, -0.15) is 0 Å². The summed E-state index contributed by atoms with van der Waals surface area (Å²) in [7, 11) is 1.39. The Bertz CT molecular complexity index is 870. The van der Waals surface area contributed by atoms with Crippen molar-refractivity contribution >= 4 is 40.0 Å². The Morgan fingerprint density at radius 2 is 1.92 bits per heavy atom. The Hall–Kier alpha value is -2.86. The van der Waals surface area contributed by atoms with Crippen LogP contribution in [-0.4, -0.2) is 24.7 Å². The smallest absolute Gasteiger partial charge is 0.305 e. The highest BCUT2D eigenvalue weighted by molar-refractivity contribution is 7.80. The van der Waals surface area contributed by atoms with Crippen molar-refractivity contribution in [1.29, 1.82) is 0 Å². The maximum atomic E-state index is 11.0. The van der Waals surface area contributed by atoms with Gasteiger partial charge in [-0.15, -0.1) is 0 Å². The van der Waals surface area contributed by atoms with Crippen LogP contribution in [0.15, 0.2) is 59.0 Å². The number of carbonyl (C=O) groups excluding carboxylic acids is 1. The monoisotopic (exact) mass is 368 g/mol. The summed E-state index contributed by atoms with van der Waals surface area (Å²) in [5, 5.41) is 7.80. The van der Waals surface area contributed by atoms with E-state index in [1.54, 1.807) is 0 Å². The number of rotatable bonds is 6. The van der Waals surface area contributed by atoms with Crippen LogP contribution in [-0.2, 0) is 9.53 Å². The number of fused-ring (bicyclic) bond motifs is 1. The summed E-state index contributed by atoms with van der Waals surface area (Å²) in [5.74, 6) is 0.619. The minimum Gasteiger partial charge on any atom is -0.469 e. The molecule has 0 unspecified atom stereocenters. The van der Waals surface area contributed by atoms with E-state index >= 15 is 0 Å². The van der Waals surface area contributed by atoms with Crippen molar-refractivity contribution in [2.45, 2.75) is 12.8 Å². The predicted molar refractivity (Wildman–Crippen MR) is 107 cm³/mol. The average molecular weight is 368 g/mol. The molecule has 0 amide bonds. The fourth-order valence-electron chi connectivity index (χ4n) is 2.55. The maximum absolute atomic E-state index is 11.0. The summed E-state index contributed by atoms with van der Waals surface area (Å²) < 4.78 is 10.5. The molecule has 0 fully saturated rings. The van der Waals surface area contributed by atoms with Gasteiger partial charge in [0, 0.05) is 29.6 Å². The lowest BCUT2D eigenvalue weighted by Gasteiger charge is -2.10. The Kier molecular flexibility index (Phi) is 5.86. The molecule has 0 radical (unpaired) electrons. The molecule has 2 aromatic carbocycles. The number of hydrogen-bond acceptors (Lipinski definition) is 4. The van der Waals surface area contributed by atoms with Crippen molar-refractivity contribution in [3.8, 4) is 11.3 Å². The zero-order valence-corrected chi connectivity index (χ0v) is 15.3. The van der Waals surface area contributed by atoms with Gasteiger partial charge in [-0.05, 0) is 55.0 Å². The Morgan fingerprint density at radius 3 is 2.65 bits per heavy atom. The minimum atomic E-state index is -0.216. The number of esters is 1. The molecule has 0 aliphatic rings. The lowest BCUT2D eigenvalue weighted by atomic mass is 10.1. The van der Waals surface area contributed by atoms with Crippen molar-refractivity contribution < 1.29 is 13.9 Å². The molecule has 0 aliphatic heterocycles. The van der Waals surface area contributed by atoms with Gasteiger partial charge in [0.1, 0.15) is 11.3 Å². The van der Waals surface area contributed by atoms with Gasteiger partial charge in [-0.3, -0.25) is 4.79 Å². The Labute approximate surface area is 157 Å². The molecule has 5 nitrogen and oxygen atoms in total. The standard InChI is InChI=1S/C20H20N2O3S/c1-24-19(23)7-4-12-21-20(26)22-16-10-8-14(9-11-16)18-13-15-5-2-3-6-17(15)25-18/h2-3,5-6,8-11,13H,4,7,12H2,1H3,(H2,21,22,26). The summed E-state index contributed by atoms with van der Waals surface area (Å²) in [6.07, 6.45) is 1.04. The molecule has 134 valence electrons. The normalized spacial score (nSPS) is 10.5. The third-order valence-electron chi connectivity index (χ3n) is 3.92. The zero-order chi connectivity index (χ0) is 18.4. The summed E-state index contributed by atoms with van der Waals surface area (Å²) in [5.41, 5.74) is 2.76. The number of anilines is 1. The highest BCUT2D eigenvalue weighted by Crippen LogP contribution is 2.28. The fraction of sp³-hybridized carbons (Fsp3) is 0.200. The first-order valence-corrected chi connectivity index (χ1v) is 8.77. The summed E-state index contributed by atoms with van der Waals surface area (Å²) in [6.45, 7) is 0.609. The molecule has 0 aliphatic carbocycles. The van der Waals surface area contributed by atoms with Crippen LogP contribution in [0.2, 0.25) is 0 Å². The first kappa shape index (κ1) is 17.9. The molecule has 6 heteroatoms. The molecular formula is C20H20N2O3S. The van der Waals surface area contributed by atoms with E-state index in [1.807, 2.05) is 54.6 Å². The van der Waals surface area contributed by atoms with Crippen LogP contribution in [0, 0.1) is 0 Å². The third kappa shape index (κ3) is 4.61. The first-order chi connectivity index (χ1) is 12.7. The molecule has 26 heavy (non-hydrogen) atoms. The van der Waals surface area contributed by atoms with Crippen molar-refractivity contribution in [3.63, 3.8) is 0 Å². The van der Waals surface area contributed by atoms with E-state index in [2.05, 4.69) is 15.4 Å². The molecule has 0 atom stereocenters. The van der Waals surface area contributed by atoms with E-state index in [1.165, 1.54) is 7.11 Å². The van der Waals surface area contributed by atoms with E-state index in [0.717, 1.165) is 28.0 Å². The summed E-state index contributed by atoms with van der Waals surface area (Å²) in [6, 6.07) is 17.8. The summed E-state index contributed by atoms with van der Waals surface area (Å²) in [4.78, 5) is 11.0. The van der Waals surface area contributed by atoms with Crippen molar-refractivity contribution in [1.82, 2.24) is 5.32 Å². The number of furan rings is 1. The second kappa shape index (κ2) is 8.49. The number of ether oxygens (including phenoxy) is 1. The number of hydrogen-bond donors (Lipinski definition) is 2. The van der Waals surface area contributed by atoms with Crippen molar-refractivity contribution in [2.24, 2.45) is 0 Å². The molecule has 1 aromatic heterocycles. The second-order valence-corrected chi connectivity index (χ2v) is 6.19. The SMILES string of the molecule is COC(=O)CCCNC(=S)Nc1ccc(-c2cc3ccccc3o2)cc1. The van der Waals surface area contributed by atoms with E-state index in [4.69, 9.17) is 16.6 Å². The van der Waals surface area contributed by atoms with Gasteiger partial charge in [0.25, 0.3) is 0 Å². The summed E-state index contributed by atoms with van der Waals surface area (Å²) >= 11 is 5.26. The van der Waals surface area contributed by atoms with Crippen LogP contribution in [0.25, 0.3) is 22.3 Å². The van der Waals surface area contributed by atoms with Gasteiger partial charge in [0.15, 0.2) is 5.11 Å². The lowest BCUT2D eigenvalue weighted by molar-refractivity contribution is -0.140. The van der Waals surface area contributed by atoms with Crippen molar-refractivity contribution in [2.75, 3.05) is 19.0 Å². The van der Waals surface area contributed by atoms with Gasteiger partial charge in [-0.25, -0.2) is 0 Å². The fourth-order valence-corrected chi connectivity index (χ4v) is 2.77. The van der Waals surface area contributed by atoms with E-state index < -0.39 is 0 Å². The number of nitrogens with one attached hydrogen (secondary N) is 2. The topological polar surface area (TPSA) is 63.5 Å².